The van der Waals surface area contributed by atoms with Crippen LogP contribution in [0.1, 0.15) is 63.1 Å². The predicted octanol–water partition coefficient (Wildman–Crippen LogP) is 2.79. The summed E-state index contributed by atoms with van der Waals surface area (Å²) >= 11 is 1.61. The highest BCUT2D eigenvalue weighted by Crippen LogP contribution is 2.31. The molecule has 112 valence electrons. The molecule has 2 atom stereocenters. The Kier molecular flexibility index (Phi) is 4.81. The minimum absolute atomic E-state index is 0.0687. The maximum atomic E-state index is 12.3. The molecule has 20 heavy (non-hydrogen) atoms. The number of hydrogen-bond donors (Lipinski definition) is 2. The molecule has 0 aliphatic heterocycles. The van der Waals surface area contributed by atoms with Crippen LogP contribution in [0.15, 0.2) is 5.38 Å². The summed E-state index contributed by atoms with van der Waals surface area (Å²) in [4.78, 5) is 16.8. The molecule has 1 heterocycles. The molecule has 0 saturated heterocycles. The molecule has 5 heteroatoms. The summed E-state index contributed by atoms with van der Waals surface area (Å²) in [5.74, 6) is 0.443. The summed E-state index contributed by atoms with van der Waals surface area (Å²) < 4.78 is 0. The number of nitrogens with zero attached hydrogens (tertiary/aromatic N) is 1. The number of nitrogens with one attached hydrogen (secondary N) is 1. The zero-order valence-corrected chi connectivity index (χ0v) is 13.4. The van der Waals surface area contributed by atoms with E-state index in [0.717, 1.165) is 36.4 Å². The molecule has 1 fully saturated rings. The van der Waals surface area contributed by atoms with Crippen LogP contribution in [0.2, 0.25) is 0 Å². The standard InChI is InChI=1S/C15H25N3OS/c1-10(2)12-9-20-13(18-12)8-17-14(19)11-6-4-5-7-15(11,3)16/h9-11H,4-8,16H2,1-3H3,(H,17,19). The molecule has 1 saturated carbocycles. The Hall–Kier alpha value is -0.940. The number of rotatable bonds is 4. The second-order valence-corrected chi connectivity index (χ2v) is 7.29. The van der Waals surface area contributed by atoms with Gasteiger partial charge < -0.3 is 11.1 Å². The Morgan fingerprint density at radius 2 is 2.35 bits per heavy atom. The first kappa shape index (κ1) is 15.4. The van der Waals surface area contributed by atoms with Gasteiger partial charge in [-0.2, -0.15) is 0 Å². The number of amides is 1. The van der Waals surface area contributed by atoms with Gasteiger partial charge in [0.05, 0.1) is 18.2 Å². The van der Waals surface area contributed by atoms with Gasteiger partial charge in [0.1, 0.15) is 5.01 Å². The van der Waals surface area contributed by atoms with Crippen LogP contribution in [0.5, 0.6) is 0 Å². The molecule has 1 amide bonds. The fraction of sp³-hybridized carbons (Fsp3) is 0.733. The van der Waals surface area contributed by atoms with Gasteiger partial charge in [0, 0.05) is 10.9 Å². The summed E-state index contributed by atoms with van der Waals surface area (Å²) in [5.41, 5.74) is 6.99. The number of nitrogens with two attached hydrogens (primary N) is 1. The Morgan fingerprint density at radius 1 is 1.60 bits per heavy atom. The Labute approximate surface area is 125 Å². The highest BCUT2D eigenvalue weighted by atomic mass is 32.1. The van der Waals surface area contributed by atoms with E-state index < -0.39 is 0 Å². The second kappa shape index (κ2) is 6.22. The average molecular weight is 295 g/mol. The lowest BCUT2D eigenvalue weighted by atomic mass is 9.74. The van der Waals surface area contributed by atoms with Gasteiger partial charge in [-0.3, -0.25) is 4.79 Å². The molecule has 1 aromatic rings. The quantitative estimate of drug-likeness (QED) is 0.897. The lowest BCUT2D eigenvalue weighted by Crippen LogP contribution is -2.52. The second-order valence-electron chi connectivity index (χ2n) is 6.34. The molecule has 1 aliphatic carbocycles. The maximum Gasteiger partial charge on any atom is 0.225 e. The summed E-state index contributed by atoms with van der Waals surface area (Å²) in [5, 5.41) is 6.04. The van der Waals surface area contributed by atoms with Crippen molar-refractivity contribution in [1.82, 2.24) is 10.3 Å². The monoisotopic (exact) mass is 295 g/mol. The smallest absolute Gasteiger partial charge is 0.225 e. The van der Waals surface area contributed by atoms with Gasteiger partial charge in [-0.15, -0.1) is 11.3 Å². The van der Waals surface area contributed by atoms with Gasteiger partial charge in [-0.05, 0) is 25.7 Å². The first-order valence-electron chi connectivity index (χ1n) is 7.41. The Bertz CT molecular complexity index is 467. The largest absolute Gasteiger partial charge is 0.349 e. The van der Waals surface area contributed by atoms with Gasteiger partial charge >= 0.3 is 0 Å². The van der Waals surface area contributed by atoms with Crippen LogP contribution in [-0.2, 0) is 11.3 Å². The van der Waals surface area contributed by atoms with E-state index in [-0.39, 0.29) is 17.4 Å². The summed E-state index contributed by atoms with van der Waals surface area (Å²) in [6.07, 6.45) is 4.05. The topological polar surface area (TPSA) is 68.0 Å². The molecule has 1 aromatic heterocycles. The number of hydrogen-bond acceptors (Lipinski definition) is 4. The summed E-state index contributed by atoms with van der Waals surface area (Å²) in [6, 6.07) is 0. The van der Waals surface area contributed by atoms with Crippen LogP contribution in [0.3, 0.4) is 0 Å². The molecule has 0 aromatic carbocycles. The first-order valence-corrected chi connectivity index (χ1v) is 8.29. The van der Waals surface area contributed by atoms with Crippen LogP contribution >= 0.6 is 11.3 Å². The third-order valence-corrected chi connectivity index (χ3v) is 5.01. The van der Waals surface area contributed by atoms with Crippen molar-refractivity contribution in [3.05, 3.63) is 16.1 Å². The lowest BCUT2D eigenvalue weighted by molar-refractivity contribution is -0.128. The maximum absolute atomic E-state index is 12.3. The predicted molar refractivity (Wildman–Crippen MR) is 82.6 cm³/mol. The van der Waals surface area contributed by atoms with E-state index in [4.69, 9.17) is 5.73 Å². The molecule has 0 bridgehead atoms. The van der Waals surface area contributed by atoms with Crippen LogP contribution < -0.4 is 11.1 Å². The van der Waals surface area contributed by atoms with Crippen molar-refractivity contribution >= 4 is 17.2 Å². The van der Waals surface area contributed by atoms with Gasteiger partial charge in [0.25, 0.3) is 0 Å². The number of aromatic nitrogens is 1. The van der Waals surface area contributed by atoms with Gasteiger partial charge in [0.2, 0.25) is 5.91 Å². The molecule has 0 spiro atoms. The van der Waals surface area contributed by atoms with Crippen LogP contribution in [0.25, 0.3) is 0 Å². The first-order chi connectivity index (χ1) is 9.40. The molecular weight excluding hydrogens is 270 g/mol. The highest BCUT2D eigenvalue weighted by molar-refractivity contribution is 7.09. The molecule has 1 aliphatic rings. The molecule has 3 N–H and O–H groups in total. The fourth-order valence-corrected chi connectivity index (χ4v) is 3.64. The molecular formula is C15H25N3OS. The Morgan fingerprint density at radius 3 is 2.95 bits per heavy atom. The molecule has 2 unspecified atom stereocenters. The Balaban J connectivity index is 1.91. The summed E-state index contributed by atoms with van der Waals surface area (Å²) in [7, 11) is 0. The number of carbonyl (C=O) groups is 1. The highest BCUT2D eigenvalue weighted by Gasteiger charge is 2.37. The van der Waals surface area contributed by atoms with E-state index in [0.29, 0.717) is 12.5 Å². The molecule has 2 rings (SSSR count). The average Bonchev–Trinajstić information content (AvgIpc) is 2.84. The number of carbonyl (C=O) groups excluding carboxylic acids is 1. The van der Waals surface area contributed by atoms with Crippen LogP contribution in [0, 0.1) is 5.92 Å². The van der Waals surface area contributed by atoms with Gasteiger partial charge in [-0.25, -0.2) is 4.98 Å². The van der Waals surface area contributed by atoms with Crippen molar-refractivity contribution in [2.75, 3.05) is 0 Å². The minimum atomic E-state index is -0.367. The zero-order valence-electron chi connectivity index (χ0n) is 12.6. The van der Waals surface area contributed by atoms with Crippen molar-refractivity contribution in [2.45, 2.75) is 64.5 Å². The van der Waals surface area contributed by atoms with E-state index in [1.807, 2.05) is 6.92 Å². The van der Waals surface area contributed by atoms with Crippen molar-refractivity contribution < 1.29 is 4.79 Å². The number of thiazole rings is 1. The van der Waals surface area contributed by atoms with Crippen molar-refractivity contribution in [3.63, 3.8) is 0 Å². The van der Waals surface area contributed by atoms with Gasteiger partial charge in [-0.1, -0.05) is 26.7 Å². The van der Waals surface area contributed by atoms with E-state index in [1.54, 1.807) is 11.3 Å². The van der Waals surface area contributed by atoms with Crippen LogP contribution in [-0.4, -0.2) is 16.4 Å². The molecule has 4 nitrogen and oxygen atoms in total. The van der Waals surface area contributed by atoms with Gasteiger partial charge in [0.15, 0.2) is 0 Å². The van der Waals surface area contributed by atoms with E-state index in [2.05, 4.69) is 29.5 Å². The minimum Gasteiger partial charge on any atom is -0.349 e. The zero-order chi connectivity index (χ0) is 14.8. The fourth-order valence-electron chi connectivity index (χ4n) is 2.75. The summed E-state index contributed by atoms with van der Waals surface area (Å²) in [6.45, 7) is 6.76. The van der Waals surface area contributed by atoms with Crippen LogP contribution in [0.4, 0.5) is 0 Å². The third kappa shape index (κ3) is 3.58. The third-order valence-electron chi connectivity index (χ3n) is 4.15. The van der Waals surface area contributed by atoms with E-state index in [1.165, 1.54) is 0 Å². The van der Waals surface area contributed by atoms with E-state index in [9.17, 15) is 4.79 Å². The van der Waals surface area contributed by atoms with E-state index >= 15 is 0 Å². The van der Waals surface area contributed by atoms with Crippen molar-refractivity contribution in [1.29, 1.82) is 0 Å². The SMILES string of the molecule is CC(C)c1csc(CNC(=O)C2CCCCC2(C)N)n1. The normalized spacial score (nSPS) is 26.8. The van der Waals surface area contributed by atoms with Crippen molar-refractivity contribution in [2.24, 2.45) is 11.7 Å². The van der Waals surface area contributed by atoms with Crippen molar-refractivity contribution in [3.8, 4) is 0 Å². The molecule has 0 radical (unpaired) electrons. The lowest BCUT2D eigenvalue weighted by Gasteiger charge is -2.37.